The van der Waals surface area contributed by atoms with Gasteiger partial charge in [0.25, 0.3) is 0 Å². The molecular weight excluding hydrogens is 470 g/mol. The van der Waals surface area contributed by atoms with Gasteiger partial charge in [0.2, 0.25) is 0 Å². The molecule has 0 aliphatic heterocycles. The Labute approximate surface area is 214 Å². The molecule has 36 heavy (non-hydrogen) atoms. The van der Waals surface area contributed by atoms with Crippen LogP contribution in [0.1, 0.15) is 45.4 Å². The van der Waals surface area contributed by atoms with Crippen LogP contribution in [0.5, 0.6) is 11.5 Å². The number of hydrogen-bond donors (Lipinski definition) is 2. The number of halogens is 1. The second-order valence-electron chi connectivity index (χ2n) is 9.61. The van der Waals surface area contributed by atoms with E-state index in [2.05, 4.69) is 23.2 Å². The summed E-state index contributed by atoms with van der Waals surface area (Å²) in [6.07, 6.45) is 0.679. The maximum Gasteiger partial charge on any atom is 0.186 e. The number of aryl methyl sites for hydroxylation is 1. The Kier molecular flexibility index (Phi) is 5.50. The molecule has 6 rings (SSSR count). The molecule has 1 aliphatic carbocycles. The first-order valence-corrected chi connectivity index (χ1v) is 12.6. The largest absolute Gasteiger partial charge is 0.508 e. The lowest BCUT2D eigenvalue weighted by Gasteiger charge is -2.17. The van der Waals surface area contributed by atoms with Crippen molar-refractivity contribution in [2.45, 2.75) is 25.2 Å². The fourth-order valence-electron chi connectivity index (χ4n) is 5.81. The fraction of sp³-hybridized carbons (Fsp3) is 0.194. The number of H-pyrrole nitrogens is 1. The average Bonchev–Trinajstić information content (AvgIpc) is 3.49. The van der Waals surface area contributed by atoms with Gasteiger partial charge in [-0.3, -0.25) is 4.79 Å². The van der Waals surface area contributed by atoms with Crippen molar-refractivity contribution in [2.24, 2.45) is 0 Å². The Morgan fingerprint density at radius 1 is 1.03 bits per heavy atom. The number of benzene rings is 4. The first-order valence-electron chi connectivity index (χ1n) is 12.1. The van der Waals surface area contributed by atoms with Gasteiger partial charge in [-0.1, -0.05) is 30.3 Å². The molecule has 5 heteroatoms. The third kappa shape index (κ3) is 3.56. The van der Waals surface area contributed by atoms with Crippen LogP contribution in [0.15, 0.2) is 72.8 Å². The smallest absolute Gasteiger partial charge is 0.186 e. The van der Waals surface area contributed by atoms with Crippen molar-refractivity contribution >= 4 is 39.1 Å². The van der Waals surface area contributed by atoms with Crippen LogP contribution in [0.3, 0.4) is 0 Å². The molecule has 4 nitrogen and oxygen atoms in total. The summed E-state index contributed by atoms with van der Waals surface area (Å²) in [5.74, 6) is 1.34. The lowest BCUT2D eigenvalue weighted by molar-refractivity contribution is 0.0953. The highest BCUT2D eigenvalue weighted by atomic mass is 35.5. The number of aromatic nitrogens is 1. The maximum atomic E-state index is 14.0. The molecule has 0 bridgehead atoms. The molecule has 2 unspecified atom stereocenters. The molecule has 1 heterocycles. The Balaban J connectivity index is 1.53. The number of Topliss-reactive ketones (excluding diaryl/α,β-unsaturated/α-hetero) is 1. The Morgan fingerprint density at radius 3 is 2.58 bits per heavy atom. The van der Waals surface area contributed by atoms with Crippen LogP contribution in [0.4, 0.5) is 0 Å². The maximum absolute atomic E-state index is 14.0. The SMILES string of the molecule is COc1ccc2[nH]c(C(=O)C3CC(CCl)c4c3cc(-c3ccc(O)cc3C)c3ccccc43)cc2c1. The van der Waals surface area contributed by atoms with Crippen LogP contribution < -0.4 is 4.74 Å². The van der Waals surface area contributed by atoms with Crippen molar-refractivity contribution in [3.63, 3.8) is 0 Å². The number of aromatic hydroxyl groups is 1. The van der Waals surface area contributed by atoms with Gasteiger partial charge >= 0.3 is 0 Å². The molecule has 0 amide bonds. The lowest BCUT2D eigenvalue weighted by Crippen LogP contribution is -2.11. The number of hydrogen-bond acceptors (Lipinski definition) is 3. The Bertz CT molecular complexity index is 1650. The number of phenols is 1. The zero-order valence-corrected chi connectivity index (χ0v) is 20.9. The van der Waals surface area contributed by atoms with Gasteiger partial charge in [0, 0.05) is 22.7 Å². The van der Waals surface area contributed by atoms with E-state index in [1.807, 2.05) is 49.4 Å². The molecule has 0 fully saturated rings. The van der Waals surface area contributed by atoms with Gasteiger partial charge in [0.05, 0.1) is 12.8 Å². The number of nitrogens with one attached hydrogen (secondary N) is 1. The second-order valence-corrected chi connectivity index (χ2v) is 9.92. The van der Waals surface area contributed by atoms with Gasteiger partial charge < -0.3 is 14.8 Å². The quantitative estimate of drug-likeness (QED) is 0.194. The highest BCUT2D eigenvalue weighted by molar-refractivity contribution is 6.19. The summed E-state index contributed by atoms with van der Waals surface area (Å²) in [6.45, 7) is 2.00. The first-order chi connectivity index (χ1) is 17.5. The minimum atomic E-state index is -0.292. The highest BCUT2D eigenvalue weighted by Gasteiger charge is 2.38. The number of rotatable bonds is 5. The molecule has 1 aromatic heterocycles. The minimum Gasteiger partial charge on any atom is -0.508 e. The van der Waals surface area contributed by atoms with Gasteiger partial charge in [-0.2, -0.15) is 0 Å². The number of carbonyl (C=O) groups is 1. The van der Waals surface area contributed by atoms with E-state index in [9.17, 15) is 9.90 Å². The van der Waals surface area contributed by atoms with E-state index < -0.39 is 0 Å². The number of fused-ring (bicyclic) bond motifs is 4. The van der Waals surface area contributed by atoms with Crippen LogP contribution in [0, 0.1) is 6.92 Å². The molecule has 5 aromatic rings. The van der Waals surface area contributed by atoms with Crippen molar-refractivity contribution in [1.29, 1.82) is 0 Å². The van der Waals surface area contributed by atoms with Crippen molar-refractivity contribution in [3.05, 3.63) is 95.2 Å². The van der Waals surface area contributed by atoms with E-state index >= 15 is 0 Å². The van der Waals surface area contributed by atoms with Gasteiger partial charge in [-0.15, -0.1) is 11.6 Å². The monoisotopic (exact) mass is 495 g/mol. The van der Waals surface area contributed by atoms with Crippen LogP contribution >= 0.6 is 11.6 Å². The molecule has 0 saturated carbocycles. The minimum absolute atomic E-state index is 0.0719. The van der Waals surface area contributed by atoms with Crippen molar-refractivity contribution in [1.82, 2.24) is 4.98 Å². The molecule has 4 aromatic carbocycles. The third-order valence-corrected chi connectivity index (χ3v) is 7.89. The summed E-state index contributed by atoms with van der Waals surface area (Å²) in [6, 6.07) is 23.7. The lowest BCUT2D eigenvalue weighted by atomic mass is 9.87. The molecule has 2 N–H and O–H groups in total. The predicted molar refractivity (Wildman–Crippen MR) is 146 cm³/mol. The van der Waals surface area contributed by atoms with E-state index in [0.717, 1.165) is 49.7 Å². The number of ketones is 1. The number of ether oxygens (including phenoxy) is 1. The van der Waals surface area contributed by atoms with E-state index in [4.69, 9.17) is 16.3 Å². The van der Waals surface area contributed by atoms with Gasteiger partial charge in [-0.05, 0) is 100 Å². The van der Waals surface area contributed by atoms with Crippen LogP contribution in [0.25, 0.3) is 32.8 Å². The van der Waals surface area contributed by atoms with Crippen LogP contribution in [-0.2, 0) is 0 Å². The summed E-state index contributed by atoms with van der Waals surface area (Å²) in [4.78, 5) is 17.3. The molecular formula is C31H26ClNO3. The standard InChI is InChI=1S/C31H26ClNO3/c1-17-11-20(34)7-9-22(17)25-15-26-27(13-19(16-32)30(26)24-6-4-3-5-23(24)25)31(35)29-14-18-12-21(36-2)8-10-28(18)33-29/h3-12,14-15,19,27,33-34H,13,16H2,1-2H3. The molecule has 0 saturated heterocycles. The van der Waals surface area contributed by atoms with Gasteiger partial charge in [0.1, 0.15) is 11.5 Å². The predicted octanol–water partition coefficient (Wildman–Crippen LogP) is 7.70. The molecule has 0 spiro atoms. The van der Waals surface area contributed by atoms with Crippen LogP contribution in [-0.4, -0.2) is 28.9 Å². The fourth-order valence-corrected chi connectivity index (χ4v) is 6.09. The van der Waals surface area contributed by atoms with Crippen molar-refractivity contribution < 1.29 is 14.6 Å². The molecule has 2 atom stereocenters. The number of alkyl halides is 1. The average molecular weight is 496 g/mol. The number of aromatic amines is 1. The molecule has 0 radical (unpaired) electrons. The number of phenolic OH excluding ortho intramolecular Hbond substituents is 1. The van der Waals surface area contributed by atoms with E-state index in [1.54, 1.807) is 19.2 Å². The van der Waals surface area contributed by atoms with E-state index in [1.165, 1.54) is 5.56 Å². The highest BCUT2D eigenvalue weighted by Crippen LogP contribution is 2.50. The second kappa shape index (κ2) is 8.72. The third-order valence-electron chi connectivity index (χ3n) is 7.52. The normalized spacial score (nSPS) is 17.0. The summed E-state index contributed by atoms with van der Waals surface area (Å²) in [7, 11) is 1.64. The van der Waals surface area contributed by atoms with E-state index in [-0.39, 0.29) is 23.4 Å². The molecule has 1 aliphatic rings. The number of carbonyl (C=O) groups excluding carboxylic acids is 1. The van der Waals surface area contributed by atoms with Crippen LogP contribution in [0.2, 0.25) is 0 Å². The van der Waals surface area contributed by atoms with Crippen molar-refractivity contribution in [3.8, 4) is 22.6 Å². The molecule has 180 valence electrons. The van der Waals surface area contributed by atoms with Gasteiger partial charge in [0.15, 0.2) is 5.78 Å². The first kappa shape index (κ1) is 22.7. The zero-order valence-electron chi connectivity index (χ0n) is 20.1. The number of methoxy groups -OCH3 is 1. The van der Waals surface area contributed by atoms with E-state index in [0.29, 0.717) is 18.0 Å². The summed E-state index contributed by atoms with van der Waals surface area (Å²) in [5.41, 5.74) is 6.82. The summed E-state index contributed by atoms with van der Waals surface area (Å²) in [5, 5.41) is 13.2. The summed E-state index contributed by atoms with van der Waals surface area (Å²) < 4.78 is 5.35. The van der Waals surface area contributed by atoms with Crippen molar-refractivity contribution in [2.75, 3.05) is 13.0 Å². The topological polar surface area (TPSA) is 62.3 Å². The summed E-state index contributed by atoms with van der Waals surface area (Å²) >= 11 is 6.49. The van der Waals surface area contributed by atoms with Gasteiger partial charge in [-0.25, -0.2) is 0 Å². The zero-order chi connectivity index (χ0) is 25.0. The Morgan fingerprint density at radius 2 is 1.83 bits per heavy atom. The Hall–Kier alpha value is -3.76.